The van der Waals surface area contributed by atoms with E-state index in [1.807, 2.05) is 29.8 Å². The van der Waals surface area contributed by atoms with Crippen LogP contribution in [0, 0.1) is 0 Å². The molecule has 3 N–H and O–H groups in total. The van der Waals surface area contributed by atoms with Gasteiger partial charge in [-0.05, 0) is 25.1 Å². The molecule has 1 atom stereocenters. The van der Waals surface area contributed by atoms with Crippen molar-refractivity contribution in [3.05, 3.63) is 42.1 Å². The van der Waals surface area contributed by atoms with Gasteiger partial charge in [0.25, 0.3) is 0 Å². The fraction of sp³-hybridized carbons (Fsp3) is 0.300. The summed E-state index contributed by atoms with van der Waals surface area (Å²) in [5.41, 5.74) is 3.72. The highest BCUT2D eigenvalue weighted by molar-refractivity contribution is 5.19. The molecule has 0 bridgehead atoms. The lowest BCUT2D eigenvalue weighted by atomic mass is 10.1. The first-order valence-electron chi connectivity index (χ1n) is 4.88. The number of hydrazine groups is 1. The zero-order valence-electron chi connectivity index (χ0n) is 8.55. The highest BCUT2D eigenvalue weighted by atomic mass is 16.3. The Morgan fingerprint density at radius 3 is 3.07 bits per heavy atom. The van der Waals surface area contributed by atoms with Gasteiger partial charge in [0.1, 0.15) is 11.8 Å². The average molecular weight is 206 g/mol. The molecular formula is C10H14N4O. The molecule has 0 saturated carbocycles. The van der Waals surface area contributed by atoms with Crippen LogP contribution in [0.3, 0.4) is 0 Å². The third-order valence-corrected chi connectivity index (χ3v) is 2.34. The van der Waals surface area contributed by atoms with Gasteiger partial charge in [-0.3, -0.25) is 10.5 Å². The molecule has 80 valence electrons. The lowest BCUT2D eigenvalue weighted by molar-refractivity contribution is 0.432. The van der Waals surface area contributed by atoms with E-state index in [0.717, 1.165) is 18.0 Å². The molecule has 2 heterocycles. The van der Waals surface area contributed by atoms with Crippen LogP contribution in [0.15, 0.2) is 35.1 Å². The van der Waals surface area contributed by atoms with Crippen LogP contribution in [0.4, 0.5) is 0 Å². The predicted molar refractivity (Wildman–Crippen MR) is 55.8 cm³/mol. The van der Waals surface area contributed by atoms with Crippen molar-refractivity contribution in [2.45, 2.75) is 19.5 Å². The van der Waals surface area contributed by atoms with Crippen molar-refractivity contribution < 1.29 is 4.42 Å². The maximum absolute atomic E-state index is 5.53. The van der Waals surface area contributed by atoms with Crippen molar-refractivity contribution in [1.29, 1.82) is 0 Å². The Kier molecular flexibility index (Phi) is 2.84. The Morgan fingerprint density at radius 1 is 1.60 bits per heavy atom. The van der Waals surface area contributed by atoms with Gasteiger partial charge in [-0.1, -0.05) is 0 Å². The number of aryl methyl sites for hydroxylation is 1. The van der Waals surface area contributed by atoms with Crippen molar-refractivity contribution in [1.82, 2.24) is 15.2 Å². The minimum absolute atomic E-state index is 0.151. The van der Waals surface area contributed by atoms with Gasteiger partial charge in [-0.25, -0.2) is 5.43 Å². The molecule has 2 aromatic rings. The van der Waals surface area contributed by atoms with E-state index in [1.165, 1.54) is 0 Å². The largest absolute Gasteiger partial charge is 0.467 e. The highest BCUT2D eigenvalue weighted by Crippen LogP contribution is 2.21. The summed E-state index contributed by atoms with van der Waals surface area (Å²) < 4.78 is 7.21. The van der Waals surface area contributed by atoms with Gasteiger partial charge in [0, 0.05) is 12.7 Å². The molecular weight excluding hydrogens is 192 g/mol. The van der Waals surface area contributed by atoms with Crippen LogP contribution in [0.25, 0.3) is 0 Å². The topological polar surface area (TPSA) is 69.0 Å². The molecule has 2 aromatic heterocycles. The van der Waals surface area contributed by atoms with Crippen LogP contribution in [0.2, 0.25) is 0 Å². The standard InChI is InChI=1S/C10H14N4O/c1-2-14-8(5-6-12-14)10(13-11)9-4-3-7-15-9/h3-7,10,13H,2,11H2,1H3. The molecule has 1 unspecified atom stereocenters. The third-order valence-electron chi connectivity index (χ3n) is 2.34. The molecule has 5 heteroatoms. The molecule has 0 aliphatic carbocycles. The van der Waals surface area contributed by atoms with E-state index in [9.17, 15) is 0 Å². The Bertz CT molecular complexity index is 407. The minimum atomic E-state index is -0.151. The summed E-state index contributed by atoms with van der Waals surface area (Å²) in [6, 6.07) is 5.50. The number of nitrogens with zero attached hydrogens (tertiary/aromatic N) is 2. The number of hydrogen-bond acceptors (Lipinski definition) is 4. The fourth-order valence-corrected chi connectivity index (χ4v) is 1.62. The Labute approximate surface area is 87.8 Å². The van der Waals surface area contributed by atoms with E-state index >= 15 is 0 Å². The minimum Gasteiger partial charge on any atom is -0.467 e. The zero-order valence-corrected chi connectivity index (χ0v) is 8.55. The van der Waals surface area contributed by atoms with E-state index in [4.69, 9.17) is 10.3 Å². The predicted octanol–water partition coefficient (Wildman–Crippen LogP) is 1.05. The second-order valence-corrected chi connectivity index (χ2v) is 3.19. The lowest BCUT2D eigenvalue weighted by Crippen LogP contribution is -2.30. The number of furan rings is 1. The van der Waals surface area contributed by atoms with Gasteiger partial charge < -0.3 is 4.42 Å². The summed E-state index contributed by atoms with van der Waals surface area (Å²) in [6.45, 7) is 2.84. The van der Waals surface area contributed by atoms with Crippen LogP contribution < -0.4 is 11.3 Å². The molecule has 0 amide bonds. The fourth-order valence-electron chi connectivity index (χ4n) is 1.62. The maximum atomic E-state index is 5.53. The van der Waals surface area contributed by atoms with Crippen molar-refractivity contribution in [3.63, 3.8) is 0 Å². The molecule has 0 saturated heterocycles. The second-order valence-electron chi connectivity index (χ2n) is 3.19. The van der Waals surface area contributed by atoms with E-state index < -0.39 is 0 Å². The van der Waals surface area contributed by atoms with Gasteiger partial charge in [0.2, 0.25) is 0 Å². The van der Waals surface area contributed by atoms with Crippen molar-refractivity contribution in [2.24, 2.45) is 5.84 Å². The molecule has 15 heavy (non-hydrogen) atoms. The maximum Gasteiger partial charge on any atom is 0.128 e. The average Bonchev–Trinajstić information content (AvgIpc) is 2.89. The SMILES string of the molecule is CCn1nccc1C(NN)c1ccco1. The number of nitrogens with two attached hydrogens (primary N) is 1. The van der Waals surface area contributed by atoms with Crippen LogP contribution in [-0.4, -0.2) is 9.78 Å². The first-order valence-corrected chi connectivity index (χ1v) is 4.88. The summed E-state index contributed by atoms with van der Waals surface area (Å²) >= 11 is 0. The van der Waals surface area contributed by atoms with Crippen molar-refractivity contribution in [2.75, 3.05) is 0 Å². The zero-order chi connectivity index (χ0) is 10.7. The summed E-state index contributed by atoms with van der Waals surface area (Å²) in [7, 11) is 0. The summed E-state index contributed by atoms with van der Waals surface area (Å²) in [4.78, 5) is 0. The van der Waals surface area contributed by atoms with Gasteiger partial charge in [-0.2, -0.15) is 5.10 Å². The number of nitrogens with one attached hydrogen (secondary N) is 1. The smallest absolute Gasteiger partial charge is 0.128 e. The third kappa shape index (κ3) is 1.79. The molecule has 0 aromatic carbocycles. The molecule has 0 radical (unpaired) electrons. The van der Waals surface area contributed by atoms with Crippen molar-refractivity contribution >= 4 is 0 Å². The Balaban J connectivity index is 2.35. The van der Waals surface area contributed by atoms with Crippen molar-refractivity contribution in [3.8, 4) is 0 Å². The summed E-state index contributed by atoms with van der Waals surface area (Å²) in [6.07, 6.45) is 3.39. The molecule has 2 rings (SSSR count). The first kappa shape index (κ1) is 9.95. The Morgan fingerprint density at radius 2 is 2.47 bits per heavy atom. The van der Waals surface area contributed by atoms with E-state index in [1.54, 1.807) is 12.5 Å². The highest BCUT2D eigenvalue weighted by Gasteiger charge is 2.18. The van der Waals surface area contributed by atoms with E-state index in [0.29, 0.717) is 0 Å². The molecule has 0 fully saturated rings. The van der Waals surface area contributed by atoms with Gasteiger partial charge in [0.05, 0.1) is 12.0 Å². The Hall–Kier alpha value is -1.59. The van der Waals surface area contributed by atoms with E-state index in [-0.39, 0.29) is 6.04 Å². The van der Waals surface area contributed by atoms with Gasteiger partial charge in [0.15, 0.2) is 0 Å². The summed E-state index contributed by atoms with van der Waals surface area (Å²) in [5, 5.41) is 4.19. The van der Waals surface area contributed by atoms with Crippen LogP contribution >= 0.6 is 0 Å². The monoisotopic (exact) mass is 206 g/mol. The molecule has 5 nitrogen and oxygen atoms in total. The molecule has 0 spiro atoms. The van der Waals surface area contributed by atoms with Crippen LogP contribution in [0.1, 0.15) is 24.4 Å². The second kappa shape index (κ2) is 4.29. The number of aromatic nitrogens is 2. The van der Waals surface area contributed by atoms with Gasteiger partial charge in [-0.15, -0.1) is 0 Å². The normalized spacial score (nSPS) is 12.9. The quantitative estimate of drug-likeness (QED) is 0.579. The van der Waals surface area contributed by atoms with Gasteiger partial charge >= 0.3 is 0 Å². The van der Waals surface area contributed by atoms with Crippen LogP contribution in [-0.2, 0) is 6.54 Å². The first-order chi connectivity index (χ1) is 7.36. The molecule has 0 aliphatic heterocycles. The summed E-state index contributed by atoms with van der Waals surface area (Å²) in [5.74, 6) is 6.31. The number of hydrogen-bond donors (Lipinski definition) is 2. The van der Waals surface area contributed by atoms with E-state index in [2.05, 4.69) is 10.5 Å². The molecule has 0 aliphatic rings. The number of rotatable bonds is 4. The van der Waals surface area contributed by atoms with Crippen LogP contribution in [0.5, 0.6) is 0 Å². The lowest BCUT2D eigenvalue weighted by Gasteiger charge is -2.14.